The molecule has 2 amide bonds. The Morgan fingerprint density at radius 2 is 1.65 bits per heavy atom. The lowest BCUT2D eigenvalue weighted by atomic mass is 10.1. The van der Waals surface area contributed by atoms with E-state index in [4.69, 9.17) is 16.3 Å². The maximum absolute atomic E-state index is 12.8. The van der Waals surface area contributed by atoms with Crippen molar-refractivity contribution >= 4 is 34.8 Å². The summed E-state index contributed by atoms with van der Waals surface area (Å²) in [4.78, 5) is 27.0. The number of aryl methyl sites for hydroxylation is 1. The zero-order valence-corrected chi connectivity index (χ0v) is 18.1. The van der Waals surface area contributed by atoms with Crippen LogP contribution in [0, 0.1) is 19.8 Å². The lowest BCUT2D eigenvalue weighted by Gasteiger charge is -2.20. The van der Waals surface area contributed by atoms with Gasteiger partial charge in [0.15, 0.2) is 0 Å². The largest absolute Gasteiger partial charge is 0.457 e. The molecule has 1 aliphatic rings. The molecule has 0 aromatic heterocycles. The van der Waals surface area contributed by atoms with Crippen LogP contribution in [0.15, 0.2) is 66.7 Å². The lowest BCUT2D eigenvalue weighted by Crippen LogP contribution is -2.28. The predicted octanol–water partition coefficient (Wildman–Crippen LogP) is 5.74. The van der Waals surface area contributed by atoms with E-state index in [0.717, 1.165) is 16.8 Å². The molecule has 5 nitrogen and oxygen atoms in total. The van der Waals surface area contributed by atoms with Gasteiger partial charge in [0.1, 0.15) is 11.5 Å². The highest BCUT2D eigenvalue weighted by Gasteiger charge is 2.35. The maximum atomic E-state index is 12.8. The highest BCUT2D eigenvalue weighted by molar-refractivity contribution is 6.30. The van der Waals surface area contributed by atoms with Crippen molar-refractivity contribution in [1.29, 1.82) is 0 Å². The Balaban J connectivity index is 1.38. The van der Waals surface area contributed by atoms with Gasteiger partial charge in [-0.25, -0.2) is 0 Å². The van der Waals surface area contributed by atoms with E-state index >= 15 is 0 Å². The van der Waals surface area contributed by atoms with Crippen molar-refractivity contribution in [2.45, 2.75) is 20.3 Å². The van der Waals surface area contributed by atoms with Crippen LogP contribution in [-0.4, -0.2) is 18.4 Å². The van der Waals surface area contributed by atoms with E-state index < -0.39 is 5.92 Å². The summed E-state index contributed by atoms with van der Waals surface area (Å²) in [7, 11) is 0. The first-order valence-corrected chi connectivity index (χ1v) is 10.5. The average molecular weight is 435 g/mol. The van der Waals surface area contributed by atoms with Crippen molar-refractivity contribution in [2.24, 2.45) is 5.92 Å². The van der Waals surface area contributed by atoms with E-state index in [1.165, 1.54) is 0 Å². The minimum absolute atomic E-state index is 0.0273. The second-order valence-electron chi connectivity index (χ2n) is 7.69. The Labute approximate surface area is 186 Å². The molecule has 0 aliphatic carbocycles. The summed E-state index contributed by atoms with van der Waals surface area (Å²) in [5.74, 6) is 0.750. The monoisotopic (exact) mass is 434 g/mol. The number of benzene rings is 3. The lowest BCUT2D eigenvalue weighted by molar-refractivity contribution is -0.122. The molecule has 3 aromatic rings. The molecule has 1 saturated heterocycles. The topological polar surface area (TPSA) is 58.6 Å². The van der Waals surface area contributed by atoms with Crippen molar-refractivity contribution in [3.8, 4) is 11.5 Å². The highest BCUT2D eigenvalue weighted by Crippen LogP contribution is 2.30. The van der Waals surface area contributed by atoms with E-state index in [0.29, 0.717) is 28.8 Å². The van der Waals surface area contributed by atoms with Gasteiger partial charge in [-0.3, -0.25) is 9.59 Å². The van der Waals surface area contributed by atoms with E-state index in [1.54, 1.807) is 53.4 Å². The fourth-order valence-corrected chi connectivity index (χ4v) is 3.76. The van der Waals surface area contributed by atoms with E-state index in [1.807, 2.05) is 32.0 Å². The maximum Gasteiger partial charge on any atom is 0.229 e. The summed E-state index contributed by atoms with van der Waals surface area (Å²) in [5.41, 5.74) is 3.72. The molecule has 3 aromatic carbocycles. The minimum Gasteiger partial charge on any atom is -0.457 e. The Morgan fingerprint density at radius 1 is 1.00 bits per heavy atom. The number of anilines is 2. The SMILES string of the molecule is Cc1cccc(N2C[C@@H](C(=O)Nc3ccc(Oc4ccc(Cl)cc4)cc3)CC2=O)c1C. The molecule has 158 valence electrons. The molecule has 1 aliphatic heterocycles. The molecule has 31 heavy (non-hydrogen) atoms. The van der Waals surface area contributed by atoms with Crippen molar-refractivity contribution in [3.63, 3.8) is 0 Å². The summed E-state index contributed by atoms with van der Waals surface area (Å²) in [5, 5.41) is 3.56. The van der Waals surface area contributed by atoms with Crippen LogP contribution in [0.2, 0.25) is 5.02 Å². The molecule has 1 heterocycles. The smallest absolute Gasteiger partial charge is 0.229 e. The van der Waals surface area contributed by atoms with Crippen LogP contribution in [-0.2, 0) is 9.59 Å². The second kappa shape index (κ2) is 8.82. The second-order valence-corrected chi connectivity index (χ2v) is 8.13. The van der Waals surface area contributed by atoms with Gasteiger partial charge < -0.3 is 15.0 Å². The number of carbonyl (C=O) groups excluding carboxylic acids is 2. The number of nitrogens with zero attached hydrogens (tertiary/aromatic N) is 1. The molecule has 0 radical (unpaired) electrons. The summed E-state index contributed by atoms with van der Waals surface area (Å²) in [6.45, 7) is 4.40. The molecule has 0 bridgehead atoms. The first-order valence-electron chi connectivity index (χ1n) is 10.1. The van der Waals surface area contributed by atoms with Gasteiger partial charge in [0.25, 0.3) is 0 Å². The van der Waals surface area contributed by atoms with Gasteiger partial charge in [-0.15, -0.1) is 0 Å². The van der Waals surface area contributed by atoms with Crippen LogP contribution in [0.4, 0.5) is 11.4 Å². The quantitative estimate of drug-likeness (QED) is 0.557. The molecule has 4 rings (SSSR count). The molecule has 1 fully saturated rings. The third kappa shape index (κ3) is 4.72. The van der Waals surface area contributed by atoms with Crippen LogP contribution >= 0.6 is 11.6 Å². The fourth-order valence-electron chi connectivity index (χ4n) is 3.63. The zero-order chi connectivity index (χ0) is 22.0. The van der Waals surface area contributed by atoms with E-state index in [-0.39, 0.29) is 18.2 Å². The molecule has 0 spiro atoms. The van der Waals surface area contributed by atoms with Crippen molar-refractivity contribution in [3.05, 3.63) is 82.9 Å². The Morgan fingerprint density at radius 3 is 2.32 bits per heavy atom. The third-order valence-corrected chi connectivity index (χ3v) is 5.79. The molecule has 1 atom stereocenters. The van der Waals surface area contributed by atoms with Gasteiger partial charge in [-0.05, 0) is 79.6 Å². The Hall–Kier alpha value is -3.31. The van der Waals surface area contributed by atoms with Gasteiger partial charge in [-0.1, -0.05) is 23.7 Å². The van der Waals surface area contributed by atoms with Gasteiger partial charge in [0.2, 0.25) is 11.8 Å². The zero-order valence-electron chi connectivity index (χ0n) is 17.4. The summed E-state index contributed by atoms with van der Waals surface area (Å²) in [6.07, 6.45) is 0.205. The molecule has 0 unspecified atom stereocenters. The van der Waals surface area contributed by atoms with Crippen LogP contribution in [0.1, 0.15) is 17.5 Å². The number of amides is 2. The minimum atomic E-state index is -0.391. The standard InChI is InChI=1S/C25H23ClN2O3/c1-16-4-3-5-23(17(16)2)28-15-18(14-24(28)29)25(30)27-20-8-12-22(13-9-20)31-21-10-6-19(26)7-11-21/h3-13,18H,14-15H2,1-2H3,(H,27,30)/t18-/m0/s1. The number of ether oxygens (including phenoxy) is 1. The predicted molar refractivity (Wildman–Crippen MR) is 123 cm³/mol. The van der Waals surface area contributed by atoms with Crippen molar-refractivity contribution < 1.29 is 14.3 Å². The number of carbonyl (C=O) groups is 2. The molecule has 6 heteroatoms. The average Bonchev–Trinajstić information content (AvgIpc) is 3.15. The molecule has 1 N–H and O–H groups in total. The number of hydrogen-bond acceptors (Lipinski definition) is 3. The van der Waals surface area contributed by atoms with Crippen LogP contribution < -0.4 is 15.0 Å². The summed E-state index contributed by atoms with van der Waals surface area (Å²) >= 11 is 5.89. The van der Waals surface area contributed by atoms with Gasteiger partial charge in [0, 0.05) is 29.4 Å². The Bertz CT molecular complexity index is 1110. The van der Waals surface area contributed by atoms with E-state index in [9.17, 15) is 9.59 Å². The normalized spacial score (nSPS) is 15.8. The van der Waals surface area contributed by atoms with E-state index in [2.05, 4.69) is 5.32 Å². The van der Waals surface area contributed by atoms with Crippen LogP contribution in [0.5, 0.6) is 11.5 Å². The van der Waals surface area contributed by atoms with Crippen molar-refractivity contribution in [2.75, 3.05) is 16.8 Å². The van der Waals surface area contributed by atoms with Crippen LogP contribution in [0.25, 0.3) is 0 Å². The number of rotatable bonds is 5. The highest BCUT2D eigenvalue weighted by atomic mass is 35.5. The number of nitrogens with one attached hydrogen (secondary N) is 1. The first kappa shape index (κ1) is 20.9. The fraction of sp³-hybridized carbons (Fsp3) is 0.200. The van der Waals surface area contributed by atoms with Gasteiger partial charge >= 0.3 is 0 Å². The Kier molecular flexibility index (Phi) is 5.96. The number of hydrogen-bond donors (Lipinski definition) is 1. The van der Waals surface area contributed by atoms with Gasteiger partial charge in [-0.2, -0.15) is 0 Å². The summed E-state index contributed by atoms with van der Waals surface area (Å²) in [6, 6.07) is 20.1. The van der Waals surface area contributed by atoms with Gasteiger partial charge in [0.05, 0.1) is 5.92 Å². The van der Waals surface area contributed by atoms with Crippen LogP contribution in [0.3, 0.4) is 0 Å². The third-order valence-electron chi connectivity index (χ3n) is 5.53. The molecular weight excluding hydrogens is 412 g/mol. The first-order chi connectivity index (χ1) is 14.9. The van der Waals surface area contributed by atoms with Crippen molar-refractivity contribution in [1.82, 2.24) is 0 Å². The summed E-state index contributed by atoms with van der Waals surface area (Å²) < 4.78 is 5.77. The molecule has 0 saturated carbocycles. The number of halogens is 1. The molecular formula is C25H23ClN2O3.